The summed E-state index contributed by atoms with van der Waals surface area (Å²) in [5.41, 5.74) is 1.03. The summed E-state index contributed by atoms with van der Waals surface area (Å²) < 4.78 is 38.6. The van der Waals surface area contributed by atoms with Crippen LogP contribution in [0.25, 0.3) is 0 Å². The van der Waals surface area contributed by atoms with Gasteiger partial charge in [0.2, 0.25) is 10.0 Å². The van der Waals surface area contributed by atoms with Gasteiger partial charge in [-0.25, -0.2) is 17.1 Å². The van der Waals surface area contributed by atoms with Crippen LogP contribution in [0.5, 0.6) is 0 Å². The van der Waals surface area contributed by atoms with Gasteiger partial charge in [-0.05, 0) is 35.9 Å². The summed E-state index contributed by atoms with van der Waals surface area (Å²) in [6.07, 6.45) is 0. The Hall–Kier alpha value is -1.90. The molecular weight excluding hydrogens is 375 g/mol. The number of rotatable bonds is 8. The number of benzene rings is 2. The first-order valence-corrected chi connectivity index (χ1v) is 10.5. The third kappa shape index (κ3) is 5.30. The molecule has 8 heteroatoms. The molecule has 0 aliphatic rings. The molecule has 0 radical (unpaired) electrons. The topological polar surface area (TPSA) is 66.5 Å². The van der Waals surface area contributed by atoms with Gasteiger partial charge in [0.1, 0.15) is 5.82 Å². The Kier molecular flexibility index (Phi) is 7.19. The Labute approximate surface area is 157 Å². The van der Waals surface area contributed by atoms with E-state index in [1.807, 2.05) is 0 Å². The van der Waals surface area contributed by atoms with E-state index in [0.29, 0.717) is 29.2 Å². The van der Waals surface area contributed by atoms with Crippen LogP contribution in [0.1, 0.15) is 15.9 Å². The molecule has 26 heavy (non-hydrogen) atoms. The van der Waals surface area contributed by atoms with E-state index in [1.165, 1.54) is 56.2 Å². The van der Waals surface area contributed by atoms with Crippen molar-refractivity contribution in [2.45, 2.75) is 10.6 Å². The van der Waals surface area contributed by atoms with Crippen molar-refractivity contribution in [1.82, 2.24) is 9.62 Å². The maximum atomic E-state index is 13.5. The Bertz CT molecular complexity index is 853. The first-order valence-electron chi connectivity index (χ1n) is 7.94. The van der Waals surface area contributed by atoms with Crippen LogP contribution >= 0.6 is 11.8 Å². The van der Waals surface area contributed by atoms with E-state index in [9.17, 15) is 17.6 Å². The van der Waals surface area contributed by atoms with Crippen molar-refractivity contribution in [3.8, 4) is 0 Å². The predicted molar refractivity (Wildman–Crippen MR) is 102 cm³/mol. The highest BCUT2D eigenvalue weighted by Crippen LogP contribution is 2.15. The molecule has 0 aliphatic carbocycles. The molecule has 0 atom stereocenters. The SMILES string of the molecule is CN(C)S(=O)(=O)c1ccc(C(=O)NCCSCc2ccccc2F)cc1. The molecule has 2 rings (SSSR count). The normalized spacial score (nSPS) is 11.5. The maximum Gasteiger partial charge on any atom is 0.251 e. The summed E-state index contributed by atoms with van der Waals surface area (Å²) in [6, 6.07) is 12.4. The maximum absolute atomic E-state index is 13.5. The van der Waals surface area contributed by atoms with Crippen molar-refractivity contribution in [1.29, 1.82) is 0 Å². The molecule has 140 valence electrons. The fourth-order valence-electron chi connectivity index (χ4n) is 2.13. The van der Waals surface area contributed by atoms with Gasteiger partial charge in [0.15, 0.2) is 0 Å². The second-order valence-corrected chi connectivity index (χ2v) is 8.97. The molecule has 0 unspecified atom stereocenters. The number of nitrogens with zero attached hydrogens (tertiary/aromatic N) is 1. The first kappa shape index (κ1) is 20.4. The number of amides is 1. The number of nitrogens with one attached hydrogen (secondary N) is 1. The van der Waals surface area contributed by atoms with E-state index >= 15 is 0 Å². The molecule has 2 aromatic carbocycles. The number of carbonyl (C=O) groups is 1. The van der Waals surface area contributed by atoms with E-state index in [2.05, 4.69) is 5.32 Å². The molecule has 0 fully saturated rings. The number of carbonyl (C=O) groups excluding carboxylic acids is 1. The van der Waals surface area contributed by atoms with Gasteiger partial charge < -0.3 is 5.32 Å². The Morgan fingerprint density at radius 1 is 1.12 bits per heavy atom. The van der Waals surface area contributed by atoms with Crippen LogP contribution < -0.4 is 5.32 Å². The fraction of sp³-hybridized carbons (Fsp3) is 0.278. The number of hydrogen-bond donors (Lipinski definition) is 1. The zero-order valence-corrected chi connectivity index (χ0v) is 16.2. The second kappa shape index (κ2) is 9.16. The molecule has 0 heterocycles. The van der Waals surface area contributed by atoms with E-state index < -0.39 is 10.0 Å². The van der Waals surface area contributed by atoms with Crippen LogP contribution in [0, 0.1) is 5.82 Å². The van der Waals surface area contributed by atoms with Crippen LogP contribution in [0.4, 0.5) is 4.39 Å². The van der Waals surface area contributed by atoms with Crippen molar-refractivity contribution >= 4 is 27.7 Å². The lowest BCUT2D eigenvalue weighted by Gasteiger charge is -2.11. The van der Waals surface area contributed by atoms with Gasteiger partial charge in [0.25, 0.3) is 5.91 Å². The zero-order chi connectivity index (χ0) is 19.2. The average Bonchev–Trinajstić information content (AvgIpc) is 2.62. The molecule has 5 nitrogen and oxygen atoms in total. The van der Waals surface area contributed by atoms with Gasteiger partial charge >= 0.3 is 0 Å². The lowest BCUT2D eigenvalue weighted by molar-refractivity contribution is 0.0956. The molecule has 0 aromatic heterocycles. The van der Waals surface area contributed by atoms with Gasteiger partial charge in [0.05, 0.1) is 4.90 Å². The minimum Gasteiger partial charge on any atom is -0.351 e. The quantitative estimate of drug-likeness (QED) is 0.697. The Morgan fingerprint density at radius 3 is 2.38 bits per heavy atom. The number of sulfonamides is 1. The van der Waals surface area contributed by atoms with E-state index in [0.717, 1.165) is 4.31 Å². The summed E-state index contributed by atoms with van der Waals surface area (Å²) in [5.74, 6) is 0.689. The third-order valence-corrected chi connectivity index (χ3v) is 6.48. The van der Waals surface area contributed by atoms with Crippen molar-refractivity contribution in [2.24, 2.45) is 0 Å². The minimum absolute atomic E-state index is 0.138. The highest BCUT2D eigenvalue weighted by atomic mass is 32.2. The van der Waals surface area contributed by atoms with Gasteiger partial charge in [-0.3, -0.25) is 4.79 Å². The molecule has 0 saturated heterocycles. The third-order valence-electron chi connectivity index (χ3n) is 3.64. The van der Waals surface area contributed by atoms with Crippen molar-refractivity contribution in [3.05, 3.63) is 65.5 Å². The van der Waals surface area contributed by atoms with E-state index in [1.54, 1.807) is 18.2 Å². The van der Waals surface area contributed by atoms with Gasteiger partial charge in [-0.2, -0.15) is 11.8 Å². The van der Waals surface area contributed by atoms with Crippen LogP contribution in [0.15, 0.2) is 53.4 Å². The van der Waals surface area contributed by atoms with Gasteiger partial charge in [0, 0.05) is 37.7 Å². The first-order chi connectivity index (χ1) is 12.3. The standard InChI is InChI=1S/C18H21FN2O3S2/c1-21(2)26(23,24)16-9-7-14(8-10-16)18(22)20-11-12-25-13-15-5-3-4-6-17(15)19/h3-10H,11-13H2,1-2H3,(H,20,22). The van der Waals surface area contributed by atoms with E-state index in [-0.39, 0.29) is 16.6 Å². The van der Waals surface area contributed by atoms with Gasteiger partial charge in [-0.15, -0.1) is 0 Å². The van der Waals surface area contributed by atoms with Crippen molar-refractivity contribution in [3.63, 3.8) is 0 Å². The summed E-state index contributed by atoms with van der Waals surface area (Å²) in [6.45, 7) is 0.440. The number of halogens is 1. The minimum atomic E-state index is -3.51. The lowest BCUT2D eigenvalue weighted by Crippen LogP contribution is -2.26. The fourth-order valence-corrected chi connectivity index (χ4v) is 3.87. The summed E-state index contributed by atoms with van der Waals surface area (Å²) in [7, 11) is -0.599. The molecule has 0 saturated carbocycles. The van der Waals surface area contributed by atoms with Crippen LogP contribution in [0.2, 0.25) is 0 Å². The summed E-state index contributed by atoms with van der Waals surface area (Å²) >= 11 is 1.53. The molecular formula is C18H21FN2O3S2. The van der Waals surface area contributed by atoms with Crippen LogP contribution in [-0.2, 0) is 15.8 Å². The van der Waals surface area contributed by atoms with Crippen molar-refractivity contribution < 1.29 is 17.6 Å². The second-order valence-electron chi connectivity index (χ2n) is 5.71. The molecule has 2 aromatic rings. The largest absolute Gasteiger partial charge is 0.351 e. The number of hydrogen-bond acceptors (Lipinski definition) is 4. The average molecular weight is 397 g/mol. The van der Waals surface area contributed by atoms with Crippen LogP contribution in [0.3, 0.4) is 0 Å². The van der Waals surface area contributed by atoms with Crippen LogP contribution in [-0.4, -0.2) is 45.0 Å². The Balaban J connectivity index is 1.80. The van der Waals surface area contributed by atoms with E-state index in [4.69, 9.17) is 0 Å². The Morgan fingerprint density at radius 2 is 1.77 bits per heavy atom. The molecule has 0 aliphatic heterocycles. The highest BCUT2D eigenvalue weighted by molar-refractivity contribution is 7.98. The summed E-state index contributed by atoms with van der Waals surface area (Å²) in [5, 5.41) is 2.77. The predicted octanol–water partition coefficient (Wildman–Crippen LogP) is 2.74. The van der Waals surface area contributed by atoms with Crippen molar-refractivity contribution in [2.75, 3.05) is 26.4 Å². The smallest absolute Gasteiger partial charge is 0.251 e. The lowest BCUT2D eigenvalue weighted by atomic mass is 10.2. The molecule has 0 spiro atoms. The molecule has 1 amide bonds. The summed E-state index contributed by atoms with van der Waals surface area (Å²) in [4.78, 5) is 12.2. The number of thioether (sulfide) groups is 1. The van der Waals surface area contributed by atoms with Gasteiger partial charge in [-0.1, -0.05) is 18.2 Å². The molecule has 1 N–H and O–H groups in total. The zero-order valence-electron chi connectivity index (χ0n) is 14.6. The highest BCUT2D eigenvalue weighted by Gasteiger charge is 2.17. The molecule has 0 bridgehead atoms. The monoisotopic (exact) mass is 396 g/mol.